The normalized spacial score (nSPS) is 28.3. The Morgan fingerprint density at radius 1 is 1.33 bits per heavy atom. The van der Waals surface area contributed by atoms with Crippen molar-refractivity contribution in [2.45, 2.75) is 51.4 Å². The lowest BCUT2D eigenvalue weighted by Crippen LogP contribution is -2.21. The number of nitrogens with zero attached hydrogens (tertiary/aromatic N) is 1. The molecule has 3 nitrogen and oxygen atoms in total. The Kier molecular flexibility index (Phi) is 3.46. The third-order valence-corrected chi connectivity index (χ3v) is 5.17. The van der Waals surface area contributed by atoms with Gasteiger partial charge in [0.25, 0.3) is 0 Å². The van der Waals surface area contributed by atoms with E-state index in [0.29, 0.717) is 5.92 Å². The zero-order valence-electron chi connectivity index (χ0n) is 11.1. The summed E-state index contributed by atoms with van der Waals surface area (Å²) in [5.41, 5.74) is 7.28. The van der Waals surface area contributed by atoms with Gasteiger partial charge in [-0.2, -0.15) is 4.37 Å². The first kappa shape index (κ1) is 12.3. The van der Waals surface area contributed by atoms with Crippen molar-refractivity contribution in [3.8, 4) is 0 Å². The van der Waals surface area contributed by atoms with Crippen molar-refractivity contribution in [3.05, 3.63) is 5.56 Å². The van der Waals surface area contributed by atoms with E-state index in [9.17, 15) is 0 Å². The molecule has 1 heterocycles. The molecule has 2 atom stereocenters. The molecule has 3 rings (SSSR count). The van der Waals surface area contributed by atoms with Crippen LogP contribution < -0.4 is 11.1 Å². The molecule has 1 aromatic rings. The van der Waals surface area contributed by atoms with Gasteiger partial charge in [-0.1, -0.05) is 19.8 Å². The van der Waals surface area contributed by atoms with Gasteiger partial charge in [-0.25, -0.2) is 0 Å². The Hall–Kier alpha value is -0.770. The summed E-state index contributed by atoms with van der Waals surface area (Å²) in [7, 11) is 0. The molecule has 1 aromatic heterocycles. The predicted octanol–water partition coefficient (Wildman–Crippen LogP) is 3.84. The smallest absolute Gasteiger partial charge is 0.142 e. The minimum absolute atomic E-state index is 0.691. The molecule has 18 heavy (non-hydrogen) atoms. The first-order valence-corrected chi connectivity index (χ1v) is 8.00. The van der Waals surface area contributed by atoms with Crippen LogP contribution in [0.15, 0.2) is 0 Å². The van der Waals surface area contributed by atoms with Crippen LogP contribution in [0.1, 0.15) is 56.9 Å². The van der Waals surface area contributed by atoms with Gasteiger partial charge in [0.05, 0.1) is 0 Å². The van der Waals surface area contributed by atoms with E-state index in [-0.39, 0.29) is 0 Å². The zero-order chi connectivity index (χ0) is 12.5. The number of anilines is 2. The van der Waals surface area contributed by atoms with Crippen molar-refractivity contribution in [1.82, 2.24) is 4.37 Å². The largest absolute Gasteiger partial charge is 0.383 e. The quantitative estimate of drug-likeness (QED) is 0.869. The molecule has 2 aliphatic carbocycles. The molecular formula is C14H23N3S. The third-order valence-electron chi connectivity index (χ3n) is 4.34. The monoisotopic (exact) mass is 265 g/mol. The first-order chi connectivity index (χ1) is 8.74. The van der Waals surface area contributed by atoms with E-state index in [1.807, 2.05) is 0 Å². The second-order valence-corrected chi connectivity index (χ2v) is 6.88. The van der Waals surface area contributed by atoms with E-state index in [2.05, 4.69) is 16.6 Å². The van der Waals surface area contributed by atoms with Crippen molar-refractivity contribution in [2.75, 3.05) is 17.6 Å². The number of rotatable bonds is 4. The molecule has 0 radical (unpaired) electrons. The van der Waals surface area contributed by atoms with Gasteiger partial charge >= 0.3 is 0 Å². The summed E-state index contributed by atoms with van der Waals surface area (Å²) in [6, 6.07) is 0. The molecule has 2 fully saturated rings. The second-order valence-electron chi connectivity index (χ2n) is 6.10. The molecule has 0 spiro atoms. The molecule has 0 bridgehead atoms. The molecule has 2 aliphatic rings. The third kappa shape index (κ3) is 2.63. The Morgan fingerprint density at radius 3 is 2.89 bits per heavy atom. The van der Waals surface area contributed by atoms with E-state index < -0.39 is 0 Å². The fourth-order valence-electron chi connectivity index (χ4n) is 3.19. The lowest BCUT2D eigenvalue weighted by Gasteiger charge is -2.27. The summed E-state index contributed by atoms with van der Waals surface area (Å²) in [4.78, 5) is 0. The van der Waals surface area contributed by atoms with Crippen LogP contribution in [0.25, 0.3) is 0 Å². The van der Waals surface area contributed by atoms with Crippen LogP contribution in [0, 0.1) is 11.8 Å². The fraction of sp³-hybridized carbons (Fsp3) is 0.786. The average Bonchev–Trinajstić information content (AvgIpc) is 3.11. The van der Waals surface area contributed by atoms with Crippen molar-refractivity contribution in [3.63, 3.8) is 0 Å². The SMILES string of the molecule is CC1CCCC(CNc2snc(N)c2C2CC2)C1. The first-order valence-electron chi connectivity index (χ1n) is 7.23. The number of nitrogens with one attached hydrogen (secondary N) is 1. The maximum Gasteiger partial charge on any atom is 0.142 e. The lowest BCUT2D eigenvalue weighted by molar-refractivity contribution is 0.293. The van der Waals surface area contributed by atoms with Crippen molar-refractivity contribution in [2.24, 2.45) is 11.8 Å². The Labute approximate surface area is 113 Å². The van der Waals surface area contributed by atoms with Crippen LogP contribution in [0.2, 0.25) is 0 Å². The van der Waals surface area contributed by atoms with E-state index in [1.165, 1.54) is 49.1 Å². The van der Waals surface area contributed by atoms with Crippen molar-refractivity contribution < 1.29 is 0 Å². The van der Waals surface area contributed by atoms with Crippen LogP contribution in [0.3, 0.4) is 0 Å². The maximum atomic E-state index is 5.97. The number of hydrogen-bond donors (Lipinski definition) is 2. The number of nitrogen functional groups attached to an aromatic ring is 1. The van der Waals surface area contributed by atoms with E-state index in [4.69, 9.17) is 5.73 Å². The van der Waals surface area contributed by atoms with Gasteiger partial charge in [0.2, 0.25) is 0 Å². The number of hydrogen-bond acceptors (Lipinski definition) is 4. The lowest BCUT2D eigenvalue weighted by atomic mass is 9.82. The number of aromatic nitrogens is 1. The molecular weight excluding hydrogens is 242 g/mol. The van der Waals surface area contributed by atoms with E-state index in [0.717, 1.165) is 24.2 Å². The number of nitrogens with two attached hydrogens (primary N) is 1. The van der Waals surface area contributed by atoms with Crippen LogP contribution in [-0.4, -0.2) is 10.9 Å². The Morgan fingerprint density at radius 2 is 2.17 bits per heavy atom. The molecule has 0 saturated heterocycles. The van der Waals surface area contributed by atoms with Crippen LogP contribution >= 0.6 is 11.5 Å². The summed E-state index contributed by atoms with van der Waals surface area (Å²) in [6.45, 7) is 3.48. The van der Waals surface area contributed by atoms with E-state index in [1.54, 1.807) is 11.5 Å². The topological polar surface area (TPSA) is 50.9 Å². The van der Waals surface area contributed by atoms with E-state index >= 15 is 0 Å². The van der Waals surface area contributed by atoms with Gasteiger partial charge in [0, 0.05) is 12.1 Å². The van der Waals surface area contributed by atoms with Gasteiger partial charge in [0.15, 0.2) is 0 Å². The standard InChI is InChI=1S/C14H23N3S/c1-9-3-2-4-10(7-9)8-16-14-12(11-5-6-11)13(15)17-18-14/h9-11,16H,2-8H2,1H3,(H2,15,17). The highest BCUT2D eigenvalue weighted by Gasteiger charge is 2.30. The average molecular weight is 265 g/mol. The van der Waals surface area contributed by atoms with Crippen LogP contribution in [0.5, 0.6) is 0 Å². The van der Waals surface area contributed by atoms with Gasteiger partial charge < -0.3 is 11.1 Å². The minimum Gasteiger partial charge on any atom is -0.383 e. The Bertz CT molecular complexity index is 411. The summed E-state index contributed by atoms with van der Waals surface area (Å²) in [5, 5.41) is 4.87. The summed E-state index contributed by atoms with van der Waals surface area (Å²) >= 11 is 1.55. The van der Waals surface area contributed by atoms with Gasteiger partial charge in [-0.15, -0.1) is 0 Å². The van der Waals surface area contributed by atoms with Gasteiger partial charge in [-0.3, -0.25) is 0 Å². The van der Waals surface area contributed by atoms with Crippen molar-refractivity contribution >= 4 is 22.4 Å². The van der Waals surface area contributed by atoms with Crippen LogP contribution in [0.4, 0.5) is 10.8 Å². The minimum atomic E-state index is 0.691. The maximum absolute atomic E-state index is 5.97. The van der Waals surface area contributed by atoms with Gasteiger partial charge in [0.1, 0.15) is 10.8 Å². The second kappa shape index (κ2) is 5.08. The highest BCUT2D eigenvalue weighted by molar-refractivity contribution is 7.10. The molecule has 4 heteroatoms. The molecule has 3 N–H and O–H groups in total. The van der Waals surface area contributed by atoms with Gasteiger partial charge in [-0.05, 0) is 55.0 Å². The van der Waals surface area contributed by atoms with Crippen molar-refractivity contribution in [1.29, 1.82) is 0 Å². The fourth-order valence-corrected chi connectivity index (χ4v) is 3.99. The summed E-state index contributed by atoms with van der Waals surface area (Å²) in [5.74, 6) is 3.20. The van der Waals surface area contributed by atoms with Crippen LogP contribution in [-0.2, 0) is 0 Å². The summed E-state index contributed by atoms with van der Waals surface area (Å²) in [6.07, 6.45) is 8.14. The predicted molar refractivity (Wildman–Crippen MR) is 78.1 cm³/mol. The molecule has 0 aliphatic heterocycles. The highest BCUT2D eigenvalue weighted by Crippen LogP contribution is 2.47. The molecule has 100 valence electrons. The molecule has 2 unspecified atom stereocenters. The Balaban J connectivity index is 1.59. The highest BCUT2D eigenvalue weighted by atomic mass is 32.1. The molecule has 2 saturated carbocycles. The molecule has 0 amide bonds. The summed E-state index contributed by atoms with van der Waals surface area (Å²) < 4.78 is 4.31. The zero-order valence-corrected chi connectivity index (χ0v) is 11.9. The molecule has 0 aromatic carbocycles.